The average molecular weight is 400 g/mol. The van der Waals surface area contributed by atoms with Gasteiger partial charge in [-0.15, -0.1) is 0 Å². The number of aryl methyl sites for hydroxylation is 1. The zero-order valence-electron chi connectivity index (χ0n) is 15.0. The molecule has 3 rings (SSSR count). The molecule has 0 saturated heterocycles. The second-order valence-electron chi connectivity index (χ2n) is 6.24. The van der Waals surface area contributed by atoms with Crippen LogP contribution in [0.25, 0.3) is 5.69 Å². The SMILES string of the molecule is Cc1cc(/C=N\NC(=O)Cc2ccc(Cl)cc2)c(C)n1-c1cccc(Cl)c1. The maximum Gasteiger partial charge on any atom is 0.244 e. The maximum atomic E-state index is 12.0. The number of nitrogens with one attached hydrogen (secondary N) is 1. The molecule has 0 radical (unpaired) electrons. The highest BCUT2D eigenvalue weighted by Crippen LogP contribution is 2.22. The molecule has 3 aromatic rings. The van der Waals surface area contributed by atoms with Gasteiger partial charge in [-0.3, -0.25) is 4.79 Å². The average Bonchev–Trinajstić information content (AvgIpc) is 2.91. The number of hydrogen-bond donors (Lipinski definition) is 1. The van der Waals surface area contributed by atoms with Gasteiger partial charge in [0.1, 0.15) is 0 Å². The van der Waals surface area contributed by atoms with Crippen molar-refractivity contribution in [3.63, 3.8) is 0 Å². The number of amides is 1. The van der Waals surface area contributed by atoms with Crippen LogP contribution in [0.4, 0.5) is 0 Å². The van der Waals surface area contributed by atoms with E-state index in [4.69, 9.17) is 23.2 Å². The molecular formula is C21H19Cl2N3O. The molecule has 0 aliphatic heterocycles. The number of nitrogens with zero attached hydrogens (tertiary/aromatic N) is 2. The molecule has 2 aromatic carbocycles. The van der Waals surface area contributed by atoms with Crippen LogP contribution in [0.1, 0.15) is 22.5 Å². The molecule has 1 aromatic heterocycles. The minimum absolute atomic E-state index is 0.183. The molecule has 0 atom stereocenters. The summed E-state index contributed by atoms with van der Waals surface area (Å²) in [7, 11) is 0. The number of carbonyl (C=O) groups is 1. The lowest BCUT2D eigenvalue weighted by Gasteiger charge is -2.09. The highest BCUT2D eigenvalue weighted by Gasteiger charge is 2.10. The number of carbonyl (C=O) groups excluding carboxylic acids is 1. The van der Waals surface area contributed by atoms with Crippen molar-refractivity contribution in [3.05, 3.63) is 87.2 Å². The van der Waals surface area contributed by atoms with Crippen molar-refractivity contribution in [1.82, 2.24) is 9.99 Å². The van der Waals surface area contributed by atoms with E-state index in [1.165, 1.54) is 0 Å². The smallest absolute Gasteiger partial charge is 0.244 e. The van der Waals surface area contributed by atoms with E-state index in [9.17, 15) is 4.79 Å². The molecule has 1 heterocycles. The first kappa shape index (κ1) is 19.2. The molecule has 27 heavy (non-hydrogen) atoms. The largest absolute Gasteiger partial charge is 0.318 e. The first-order valence-corrected chi connectivity index (χ1v) is 9.21. The van der Waals surface area contributed by atoms with Gasteiger partial charge in [-0.25, -0.2) is 5.43 Å². The van der Waals surface area contributed by atoms with Crippen molar-refractivity contribution < 1.29 is 4.79 Å². The predicted octanol–water partition coefficient (Wildman–Crippen LogP) is 5.09. The summed E-state index contributed by atoms with van der Waals surface area (Å²) in [5.74, 6) is -0.183. The van der Waals surface area contributed by atoms with Gasteiger partial charge < -0.3 is 4.57 Å². The highest BCUT2D eigenvalue weighted by atomic mass is 35.5. The Balaban J connectivity index is 1.69. The molecule has 0 bridgehead atoms. The van der Waals surface area contributed by atoms with Crippen LogP contribution in [-0.4, -0.2) is 16.7 Å². The van der Waals surface area contributed by atoms with E-state index in [-0.39, 0.29) is 12.3 Å². The third-order valence-electron chi connectivity index (χ3n) is 4.21. The fourth-order valence-electron chi connectivity index (χ4n) is 2.93. The Bertz CT molecular complexity index is 991. The normalized spacial score (nSPS) is 11.1. The van der Waals surface area contributed by atoms with Gasteiger partial charge in [0, 0.05) is 32.7 Å². The minimum Gasteiger partial charge on any atom is -0.318 e. The van der Waals surface area contributed by atoms with E-state index in [1.54, 1.807) is 18.3 Å². The van der Waals surface area contributed by atoms with Crippen LogP contribution < -0.4 is 5.43 Å². The van der Waals surface area contributed by atoms with Crippen LogP contribution in [0.5, 0.6) is 0 Å². The van der Waals surface area contributed by atoms with Crippen LogP contribution in [-0.2, 0) is 11.2 Å². The van der Waals surface area contributed by atoms with Crippen LogP contribution >= 0.6 is 23.2 Å². The molecule has 1 N–H and O–H groups in total. The third kappa shape index (κ3) is 4.79. The lowest BCUT2D eigenvalue weighted by atomic mass is 10.1. The van der Waals surface area contributed by atoms with Crippen molar-refractivity contribution >= 4 is 35.3 Å². The van der Waals surface area contributed by atoms with E-state index >= 15 is 0 Å². The summed E-state index contributed by atoms with van der Waals surface area (Å²) in [6.07, 6.45) is 1.90. The standard InChI is InChI=1S/C21H19Cl2N3O/c1-14-10-17(15(2)26(14)20-5-3-4-19(23)12-20)13-24-25-21(27)11-16-6-8-18(22)9-7-16/h3-10,12-13H,11H2,1-2H3,(H,25,27)/b24-13-. The van der Waals surface area contributed by atoms with E-state index in [2.05, 4.69) is 15.1 Å². The van der Waals surface area contributed by atoms with Gasteiger partial charge in [-0.05, 0) is 55.8 Å². The van der Waals surface area contributed by atoms with Gasteiger partial charge in [0.05, 0.1) is 12.6 Å². The van der Waals surface area contributed by atoms with Crippen molar-refractivity contribution in [3.8, 4) is 5.69 Å². The number of benzene rings is 2. The summed E-state index contributed by atoms with van der Waals surface area (Å²) >= 11 is 12.0. The topological polar surface area (TPSA) is 46.4 Å². The maximum absolute atomic E-state index is 12.0. The second kappa shape index (κ2) is 8.42. The van der Waals surface area contributed by atoms with Gasteiger partial charge >= 0.3 is 0 Å². The Labute approximate surface area is 168 Å². The molecule has 0 saturated carbocycles. The van der Waals surface area contributed by atoms with Crippen molar-refractivity contribution in [1.29, 1.82) is 0 Å². The number of rotatable bonds is 5. The Morgan fingerprint density at radius 2 is 1.81 bits per heavy atom. The molecule has 0 aliphatic rings. The predicted molar refractivity (Wildman–Crippen MR) is 111 cm³/mol. The van der Waals surface area contributed by atoms with Crippen LogP contribution in [0.15, 0.2) is 59.7 Å². The van der Waals surface area contributed by atoms with Crippen molar-refractivity contribution in [2.45, 2.75) is 20.3 Å². The van der Waals surface area contributed by atoms with Gasteiger partial charge in [0.25, 0.3) is 0 Å². The van der Waals surface area contributed by atoms with Gasteiger partial charge in [-0.2, -0.15) is 5.10 Å². The molecule has 0 spiro atoms. The number of hydrogen-bond acceptors (Lipinski definition) is 2. The van der Waals surface area contributed by atoms with E-state index in [0.29, 0.717) is 10.0 Å². The van der Waals surface area contributed by atoms with Crippen molar-refractivity contribution in [2.24, 2.45) is 5.10 Å². The summed E-state index contributed by atoms with van der Waals surface area (Å²) in [5.41, 5.74) is 7.44. The first-order valence-electron chi connectivity index (χ1n) is 8.45. The summed E-state index contributed by atoms with van der Waals surface area (Å²) in [5, 5.41) is 5.42. The first-order chi connectivity index (χ1) is 12.9. The molecular weight excluding hydrogens is 381 g/mol. The van der Waals surface area contributed by atoms with Crippen LogP contribution in [0.2, 0.25) is 10.0 Å². The number of halogens is 2. The molecule has 1 amide bonds. The molecule has 4 nitrogen and oxygen atoms in total. The Hall–Kier alpha value is -2.56. The van der Waals surface area contributed by atoms with Crippen LogP contribution in [0, 0.1) is 13.8 Å². The quantitative estimate of drug-likeness (QED) is 0.471. The van der Waals surface area contributed by atoms with E-state index in [0.717, 1.165) is 28.2 Å². The zero-order valence-corrected chi connectivity index (χ0v) is 16.6. The van der Waals surface area contributed by atoms with Crippen LogP contribution in [0.3, 0.4) is 0 Å². The summed E-state index contributed by atoms with van der Waals surface area (Å²) < 4.78 is 2.10. The van der Waals surface area contributed by atoms with E-state index in [1.807, 2.05) is 56.3 Å². The Kier molecular flexibility index (Phi) is 5.99. The number of aromatic nitrogens is 1. The van der Waals surface area contributed by atoms with E-state index < -0.39 is 0 Å². The van der Waals surface area contributed by atoms with Gasteiger partial charge in [-0.1, -0.05) is 41.4 Å². The minimum atomic E-state index is -0.183. The molecule has 0 fully saturated rings. The molecule has 0 unspecified atom stereocenters. The lowest BCUT2D eigenvalue weighted by molar-refractivity contribution is -0.120. The fourth-order valence-corrected chi connectivity index (χ4v) is 3.24. The monoisotopic (exact) mass is 399 g/mol. The van der Waals surface area contributed by atoms with Gasteiger partial charge in [0.2, 0.25) is 5.91 Å². The summed E-state index contributed by atoms with van der Waals surface area (Å²) in [6, 6.07) is 16.9. The fraction of sp³-hybridized carbons (Fsp3) is 0.143. The molecule has 0 aliphatic carbocycles. The zero-order chi connectivity index (χ0) is 19.4. The molecule has 138 valence electrons. The number of hydrazone groups is 1. The second-order valence-corrected chi connectivity index (χ2v) is 7.11. The van der Waals surface area contributed by atoms with Gasteiger partial charge in [0.15, 0.2) is 0 Å². The summed E-state index contributed by atoms with van der Waals surface area (Å²) in [6.45, 7) is 4.02. The highest BCUT2D eigenvalue weighted by molar-refractivity contribution is 6.31. The Morgan fingerprint density at radius 3 is 2.52 bits per heavy atom. The lowest BCUT2D eigenvalue weighted by Crippen LogP contribution is -2.19. The third-order valence-corrected chi connectivity index (χ3v) is 4.69. The van der Waals surface area contributed by atoms with Crippen molar-refractivity contribution in [2.75, 3.05) is 0 Å². The Morgan fingerprint density at radius 1 is 1.07 bits per heavy atom. The summed E-state index contributed by atoms with van der Waals surface area (Å²) in [4.78, 5) is 12.0. The molecule has 6 heteroatoms.